The van der Waals surface area contributed by atoms with Crippen LogP contribution in [0.25, 0.3) is 6.08 Å². The van der Waals surface area contributed by atoms with Crippen LogP contribution in [0.4, 0.5) is 5.69 Å². The molecule has 0 saturated carbocycles. The van der Waals surface area contributed by atoms with E-state index in [-0.39, 0.29) is 5.97 Å². The number of ether oxygens (including phenoxy) is 1. The molecule has 0 unspecified atom stereocenters. The maximum atomic E-state index is 11.1. The van der Waals surface area contributed by atoms with E-state index in [1.54, 1.807) is 12.3 Å². The average molecular weight is 344 g/mol. The Kier molecular flexibility index (Phi) is 5.46. The van der Waals surface area contributed by atoms with Crippen molar-refractivity contribution in [1.82, 2.24) is 0 Å². The van der Waals surface area contributed by atoms with Crippen LogP contribution in [0.15, 0.2) is 64.1 Å². The molecule has 0 aromatic heterocycles. The molecule has 0 aliphatic heterocycles. The molecule has 0 spiro atoms. The van der Waals surface area contributed by atoms with Crippen LogP contribution in [0, 0.1) is 0 Å². The summed E-state index contributed by atoms with van der Waals surface area (Å²) in [6.07, 6.45) is 4.89. The Morgan fingerprint density at radius 2 is 1.90 bits per heavy atom. The van der Waals surface area contributed by atoms with Gasteiger partial charge in [0.25, 0.3) is 0 Å². The van der Waals surface area contributed by atoms with Crippen LogP contribution in [-0.2, 0) is 9.53 Å². The molecule has 0 amide bonds. The van der Waals surface area contributed by atoms with Crippen LogP contribution in [0.3, 0.4) is 0 Å². The molecule has 2 aromatic carbocycles. The molecule has 0 radical (unpaired) electrons. The fourth-order valence-electron chi connectivity index (χ4n) is 1.64. The Morgan fingerprint density at radius 3 is 2.62 bits per heavy atom. The maximum Gasteiger partial charge on any atom is 0.330 e. The van der Waals surface area contributed by atoms with Gasteiger partial charge in [-0.25, -0.2) is 4.79 Å². The summed E-state index contributed by atoms with van der Waals surface area (Å²) in [7, 11) is 1.35. The van der Waals surface area contributed by atoms with Gasteiger partial charge in [0.2, 0.25) is 0 Å². The van der Waals surface area contributed by atoms with Crippen molar-refractivity contribution in [3.8, 4) is 0 Å². The summed E-state index contributed by atoms with van der Waals surface area (Å²) in [4.78, 5) is 15.5. The van der Waals surface area contributed by atoms with E-state index >= 15 is 0 Å². The number of carbonyl (C=O) groups excluding carboxylic acids is 1. The summed E-state index contributed by atoms with van der Waals surface area (Å²) in [6, 6.07) is 15.5. The molecular weight excluding hydrogens is 330 g/mol. The van der Waals surface area contributed by atoms with Crippen molar-refractivity contribution in [3.05, 3.63) is 70.2 Å². The van der Waals surface area contributed by atoms with E-state index < -0.39 is 0 Å². The SMILES string of the molecule is COC(=O)/C=C/c1cccc(/N=C/c2ccc(Br)cc2)c1. The zero-order chi connectivity index (χ0) is 15.1. The van der Waals surface area contributed by atoms with Gasteiger partial charge >= 0.3 is 5.97 Å². The van der Waals surface area contributed by atoms with Crippen LogP contribution in [0.2, 0.25) is 0 Å². The summed E-state index contributed by atoms with van der Waals surface area (Å²) in [5.74, 6) is -0.376. The molecule has 0 aliphatic rings. The van der Waals surface area contributed by atoms with E-state index in [9.17, 15) is 4.79 Å². The highest BCUT2D eigenvalue weighted by Crippen LogP contribution is 2.16. The molecule has 0 heterocycles. The van der Waals surface area contributed by atoms with Gasteiger partial charge in [-0.05, 0) is 41.5 Å². The zero-order valence-electron chi connectivity index (χ0n) is 11.5. The molecule has 3 nitrogen and oxygen atoms in total. The molecule has 0 bridgehead atoms. The zero-order valence-corrected chi connectivity index (χ0v) is 13.1. The minimum atomic E-state index is -0.376. The molecule has 0 atom stereocenters. The van der Waals surface area contributed by atoms with E-state index in [2.05, 4.69) is 25.7 Å². The second-order valence-electron chi connectivity index (χ2n) is 4.26. The van der Waals surface area contributed by atoms with Crippen LogP contribution >= 0.6 is 15.9 Å². The second kappa shape index (κ2) is 7.55. The van der Waals surface area contributed by atoms with Crippen molar-refractivity contribution in [3.63, 3.8) is 0 Å². The molecule has 2 aromatic rings. The first-order valence-electron chi connectivity index (χ1n) is 6.33. The molecule has 21 heavy (non-hydrogen) atoms. The van der Waals surface area contributed by atoms with Crippen LogP contribution < -0.4 is 0 Å². The summed E-state index contributed by atoms with van der Waals surface area (Å²) in [6.45, 7) is 0. The monoisotopic (exact) mass is 343 g/mol. The third kappa shape index (κ3) is 5.00. The molecule has 0 aliphatic carbocycles. The van der Waals surface area contributed by atoms with E-state index in [0.29, 0.717) is 0 Å². The fraction of sp³-hybridized carbons (Fsp3) is 0.0588. The first-order chi connectivity index (χ1) is 10.2. The average Bonchev–Trinajstić information content (AvgIpc) is 2.52. The highest BCUT2D eigenvalue weighted by atomic mass is 79.9. The summed E-state index contributed by atoms with van der Waals surface area (Å²) >= 11 is 3.40. The molecule has 2 rings (SSSR count). The minimum absolute atomic E-state index is 0.376. The standard InChI is InChI=1S/C17H14BrNO2/c1-21-17(20)10-7-13-3-2-4-16(11-13)19-12-14-5-8-15(18)9-6-14/h2-12H,1H3/b10-7+,19-12+. The summed E-state index contributed by atoms with van der Waals surface area (Å²) < 4.78 is 5.59. The van der Waals surface area contributed by atoms with Crippen molar-refractivity contribution in [2.45, 2.75) is 0 Å². The van der Waals surface area contributed by atoms with Crippen LogP contribution in [0.1, 0.15) is 11.1 Å². The van der Waals surface area contributed by atoms with Gasteiger partial charge in [0.1, 0.15) is 0 Å². The van der Waals surface area contributed by atoms with Gasteiger partial charge in [-0.15, -0.1) is 0 Å². The molecular formula is C17H14BrNO2. The van der Waals surface area contributed by atoms with Crippen molar-refractivity contribution in [2.24, 2.45) is 4.99 Å². The number of methoxy groups -OCH3 is 1. The Morgan fingerprint density at radius 1 is 1.14 bits per heavy atom. The number of rotatable bonds is 4. The van der Waals surface area contributed by atoms with Gasteiger partial charge in [-0.1, -0.05) is 40.2 Å². The maximum absolute atomic E-state index is 11.1. The number of hydrogen-bond donors (Lipinski definition) is 0. The number of benzene rings is 2. The lowest BCUT2D eigenvalue weighted by Gasteiger charge is -1.97. The van der Waals surface area contributed by atoms with Crippen molar-refractivity contribution in [1.29, 1.82) is 0 Å². The van der Waals surface area contributed by atoms with Crippen molar-refractivity contribution in [2.75, 3.05) is 7.11 Å². The Balaban J connectivity index is 2.12. The van der Waals surface area contributed by atoms with E-state index in [4.69, 9.17) is 0 Å². The summed E-state index contributed by atoms with van der Waals surface area (Å²) in [5, 5.41) is 0. The fourth-order valence-corrected chi connectivity index (χ4v) is 1.90. The highest BCUT2D eigenvalue weighted by molar-refractivity contribution is 9.10. The Labute approximate surface area is 132 Å². The number of carbonyl (C=O) groups is 1. The molecule has 0 fully saturated rings. The van der Waals surface area contributed by atoms with Gasteiger partial charge in [0, 0.05) is 16.8 Å². The first-order valence-corrected chi connectivity index (χ1v) is 7.12. The lowest BCUT2D eigenvalue weighted by atomic mass is 10.2. The van der Waals surface area contributed by atoms with Gasteiger partial charge in [0.15, 0.2) is 0 Å². The van der Waals surface area contributed by atoms with E-state index in [1.165, 1.54) is 13.2 Å². The topological polar surface area (TPSA) is 38.7 Å². The smallest absolute Gasteiger partial charge is 0.330 e. The van der Waals surface area contributed by atoms with Crippen molar-refractivity contribution >= 4 is 39.9 Å². The summed E-state index contributed by atoms with van der Waals surface area (Å²) in [5.41, 5.74) is 2.74. The van der Waals surface area contributed by atoms with Gasteiger partial charge < -0.3 is 4.74 Å². The molecule has 4 heteroatoms. The number of halogens is 1. The second-order valence-corrected chi connectivity index (χ2v) is 5.18. The van der Waals surface area contributed by atoms with E-state index in [0.717, 1.165) is 21.3 Å². The van der Waals surface area contributed by atoms with Gasteiger partial charge in [-0.3, -0.25) is 4.99 Å². The van der Waals surface area contributed by atoms with E-state index in [1.807, 2.05) is 48.5 Å². The Bertz CT molecular complexity index is 675. The normalized spacial score (nSPS) is 11.1. The number of aliphatic imine (C=N–C) groups is 1. The lowest BCUT2D eigenvalue weighted by molar-refractivity contribution is -0.134. The Hall–Kier alpha value is -2.20. The van der Waals surface area contributed by atoms with Gasteiger partial charge in [-0.2, -0.15) is 0 Å². The highest BCUT2D eigenvalue weighted by Gasteiger charge is 1.94. The van der Waals surface area contributed by atoms with Crippen molar-refractivity contribution < 1.29 is 9.53 Å². The van der Waals surface area contributed by atoms with Crippen LogP contribution in [0.5, 0.6) is 0 Å². The molecule has 0 saturated heterocycles. The quantitative estimate of drug-likeness (QED) is 0.469. The largest absolute Gasteiger partial charge is 0.466 e. The number of nitrogens with zero attached hydrogens (tertiary/aromatic N) is 1. The first kappa shape index (κ1) is 15.2. The predicted molar refractivity (Wildman–Crippen MR) is 88.9 cm³/mol. The number of esters is 1. The third-order valence-electron chi connectivity index (χ3n) is 2.72. The lowest BCUT2D eigenvalue weighted by Crippen LogP contribution is -1.93. The minimum Gasteiger partial charge on any atom is -0.466 e. The van der Waals surface area contributed by atoms with Crippen LogP contribution in [-0.4, -0.2) is 19.3 Å². The third-order valence-corrected chi connectivity index (χ3v) is 3.24. The predicted octanol–water partition coefficient (Wildman–Crippen LogP) is 4.39. The molecule has 0 N–H and O–H groups in total. The molecule has 106 valence electrons. The van der Waals surface area contributed by atoms with Gasteiger partial charge in [0.05, 0.1) is 12.8 Å². The number of hydrogen-bond acceptors (Lipinski definition) is 3.